The van der Waals surface area contributed by atoms with E-state index < -0.39 is 16.1 Å². The van der Waals surface area contributed by atoms with E-state index in [1.807, 2.05) is 18.2 Å². The topological polar surface area (TPSA) is 104 Å². The molecule has 0 bridgehead atoms. The van der Waals surface area contributed by atoms with Crippen molar-refractivity contribution in [1.29, 1.82) is 0 Å². The molecule has 0 spiro atoms. The van der Waals surface area contributed by atoms with E-state index in [2.05, 4.69) is 21.8 Å². The van der Waals surface area contributed by atoms with Crippen LogP contribution in [0.1, 0.15) is 43.5 Å². The molecule has 0 fully saturated rings. The van der Waals surface area contributed by atoms with Gasteiger partial charge in [-0.1, -0.05) is 19.1 Å². The van der Waals surface area contributed by atoms with Gasteiger partial charge in [-0.25, -0.2) is 8.42 Å². The lowest BCUT2D eigenvalue weighted by Gasteiger charge is -2.13. The molecule has 0 aliphatic rings. The van der Waals surface area contributed by atoms with Gasteiger partial charge in [-0.15, -0.1) is 0 Å². The third-order valence-electron chi connectivity index (χ3n) is 4.67. The number of anilines is 1. The van der Waals surface area contributed by atoms with E-state index in [1.54, 1.807) is 24.3 Å². The first-order valence-electron chi connectivity index (χ1n) is 9.71. The summed E-state index contributed by atoms with van der Waals surface area (Å²) in [4.78, 5) is 0. The summed E-state index contributed by atoms with van der Waals surface area (Å²) in [7, 11) is -3.34. The van der Waals surface area contributed by atoms with Gasteiger partial charge in [0.25, 0.3) is 0 Å². The summed E-state index contributed by atoms with van der Waals surface area (Å²) in [5.74, 6) is 0.784. The normalized spacial score (nSPS) is 12.8. The molecule has 8 heteroatoms. The van der Waals surface area contributed by atoms with Crippen molar-refractivity contribution >= 4 is 26.6 Å². The molecular formula is C21H27N3O4S. The number of aryl methyl sites for hydroxylation is 1. The number of hydrogen-bond donors (Lipinski definition) is 3. The van der Waals surface area contributed by atoms with Crippen molar-refractivity contribution in [3.63, 3.8) is 0 Å². The molecule has 1 aromatic heterocycles. The highest BCUT2D eigenvalue weighted by Crippen LogP contribution is 2.24. The molecule has 0 radical (unpaired) electrons. The zero-order chi connectivity index (χ0) is 20.9. The predicted molar refractivity (Wildman–Crippen MR) is 115 cm³/mol. The lowest BCUT2D eigenvalue weighted by molar-refractivity contribution is 0.160. The van der Waals surface area contributed by atoms with Gasteiger partial charge in [-0.05, 0) is 55.5 Å². The van der Waals surface area contributed by atoms with Crippen LogP contribution in [0.2, 0.25) is 0 Å². The second-order valence-electron chi connectivity index (χ2n) is 7.09. The van der Waals surface area contributed by atoms with Gasteiger partial charge in [0.15, 0.2) is 0 Å². The number of rotatable bonds is 10. The Morgan fingerprint density at radius 3 is 2.79 bits per heavy atom. The van der Waals surface area contributed by atoms with Gasteiger partial charge in [-0.3, -0.25) is 9.82 Å². The summed E-state index contributed by atoms with van der Waals surface area (Å²) in [5, 5.41) is 18.8. The number of aromatic nitrogens is 2. The third-order valence-corrected chi connectivity index (χ3v) is 5.28. The molecule has 0 unspecified atom stereocenters. The predicted octanol–water partition coefficient (Wildman–Crippen LogP) is 3.78. The van der Waals surface area contributed by atoms with Crippen molar-refractivity contribution in [3.8, 4) is 5.75 Å². The summed E-state index contributed by atoms with van der Waals surface area (Å²) in [6.07, 6.45) is 3.52. The minimum Gasteiger partial charge on any atom is -0.494 e. The number of aliphatic hydroxyl groups is 1. The van der Waals surface area contributed by atoms with Crippen molar-refractivity contribution in [2.45, 2.75) is 38.7 Å². The minimum absolute atomic E-state index is 0.451. The van der Waals surface area contributed by atoms with E-state index in [9.17, 15) is 13.5 Å². The van der Waals surface area contributed by atoms with Gasteiger partial charge in [0.1, 0.15) is 5.75 Å². The molecule has 156 valence electrons. The molecule has 0 saturated carbocycles. The van der Waals surface area contributed by atoms with Crippen LogP contribution in [0, 0.1) is 0 Å². The molecule has 3 rings (SSSR count). The fraction of sp³-hybridized carbons (Fsp3) is 0.381. The average molecular weight is 418 g/mol. The standard InChI is InChI=1S/C21H27N3O4S/c1-3-19-18-11-10-17(14-20(18)23-22-19)28-12-5-4-9-21(25)15-7-6-8-16(13-15)24-29(2,26)27/h6-8,10-11,13-14,21,24-25H,3-5,9,12H2,1-2H3,(H,22,23)/t21-/m0/s1. The molecule has 1 heterocycles. The van der Waals surface area contributed by atoms with Gasteiger partial charge in [0.2, 0.25) is 10.0 Å². The molecule has 0 aliphatic carbocycles. The van der Waals surface area contributed by atoms with Crippen LogP contribution in [0.15, 0.2) is 42.5 Å². The fourth-order valence-corrected chi connectivity index (χ4v) is 3.78. The van der Waals surface area contributed by atoms with Crippen molar-refractivity contribution < 1.29 is 18.3 Å². The number of aliphatic hydroxyl groups excluding tert-OH is 1. The average Bonchev–Trinajstić information content (AvgIpc) is 3.08. The van der Waals surface area contributed by atoms with Crippen LogP contribution in [0.3, 0.4) is 0 Å². The SMILES string of the molecule is CCc1[nH]nc2cc(OCCCC[C@H](O)c3cccc(NS(C)(=O)=O)c3)ccc12. The first kappa shape index (κ1) is 21.1. The van der Waals surface area contributed by atoms with E-state index in [1.165, 1.54) is 0 Å². The van der Waals surface area contributed by atoms with Crippen LogP contribution < -0.4 is 9.46 Å². The van der Waals surface area contributed by atoms with Crippen molar-refractivity contribution in [1.82, 2.24) is 10.2 Å². The number of unbranched alkanes of at least 4 members (excludes halogenated alkanes) is 1. The van der Waals surface area contributed by atoms with Gasteiger partial charge in [0, 0.05) is 22.8 Å². The lowest BCUT2D eigenvalue weighted by atomic mass is 10.0. The molecule has 0 saturated heterocycles. The third kappa shape index (κ3) is 5.95. The Labute approximate surface area is 171 Å². The summed E-state index contributed by atoms with van der Waals surface area (Å²) in [6.45, 7) is 2.64. The summed E-state index contributed by atoms with van der Waals surface area (Å²) < 4.78 is 30.9. The maximum absolute atomic E-state index is 11.3. The van der Waals surface area contributed by atoms with E-state index >= 15 is 0 Å². The molecule has 0 amide bonds. The van der Waals surface area contributed by atoms with Gasteiger partial charge < -0.3 is 9.84 Å². The molecule has 29 heavy (non-hydrogen) atoms. The van der Waals surface area contributed by atoms with Crippen molar-refractivity contribution in [2.24, 2.45) is 0 Å². The van der Waals surface area contributed by atoms with E-state index in [4.69, 9.17) is 4.74 Å². The van der Waals surface area contributed by atoms with Crippen molar-refractivity contribution in [3.05, 3.63) is 53.7 Å². The Morgan fingerprint density at radius 2 is 2.03 bits per heavy atom. The molecule has 0 aliphatic heterocycles. The molecular weight excluding hydrogens is 390 g/mol. The number of sulfonamides is 1. The number of ether oxygens (including phenoxy) is 1. The zero-order valence-electron chi connectivity index (χ0n) is 16.7. The smallest absolute Gasteiger partial charge is 0.229 e. The van der Waals surface area contributed by atoms with Crippen molar-refractivity contribution in [2.75, 3.05) is 17.6 Å². The number of hydrogen-bond acceptors (Lipinski definition) is 5. The van der Waals surface area contributed by atoms with Crippen LogP contribution in [0.25, 0.3) is 10.9 Å². The Hall–Kier alpha value is -2.58. The second-order valence-corrected chi connectivity index (χ2v) is 8.84. The van der Waals surface area contributed by atoms with Gasteiger partial charge >= 0.3 is 0 Å². The van der Waals surface area contributed by atoms with Crippen LogP contribution in [0.5, 0.6) is 5.75 Å². The Bertz CT molecular complexity index is 1060. The number of H-pyrrole nitrogens is 1. The van der Waals surface area contributed by atoms with Crippen LogP contribution in [-0.4, -0.2) is 36.6 Å². The van der Waals surface area contributed by atoms with Crippen LogP contribution >= 0.6 is 0 Å². The summed E-state index contributed by atoms with van der Waals surface area (Å²) in [5.41, 5.74) is 3.16. The summed E-state index contributed by atoms with van der Waals surface area (Å²) >= 11 is 0. The maximum Gasteiger partial charge on any atom is 0.229 e. The second kappa shape index (κ2) is 9.28. The molecule has 2 aromatic carbocycles. The molecule has 7 nitrogen and oxygen atoms in total. The number of aromatic amines is 1. The van der Waals surface area contributed by atoms with Gasteiger partial charge in [-0.2, -0.15) is 5.10 Å². The summed E-state index contributed by atoms with van der Waals surface area (Å²) in [6, 6.07) is 12.7. The lowest BCUT2D eigenvalue weighted by Crippen LogP contribution is -2.10. The van der Waals surface area contributed by atoms with Crippen LogP contribution in [0.4, 0.5) is 5.69 Å². The monoisotopic (exact) mass is 417 g/mol. The van der Waals surface area contributed by atoms with E-state index in [-0.39, 0.29) is 0 Å². The maximum atomic E-state index is 11.3. The van der Waals surface area contributed by atoms with E-state index in [0.29, 0.717) is 24.3 Å². The Morgan fingerprint density at radius 1 is 1.21 bits per heavy atom. The molecule has 3 N–H and O–H groups in total. The fourth-order valence-electron chi connectivity index (χ4n) is 3.23. The largest absolute Gasteiger partial charge is 0.494 e. The zero-order valence-corrected chi connectivity index (χ0v) is 17.5. The Kier molecular flexibility index (Phi) is 6.76. The number of nitrogens with zero attached hydrogens (tertiary/aromatic N) is 1. The quantitative estimate of drug-likeness (QED) is 0.436. The highest BCUT2D eigenvalue weighted by Gasteiger charge is 2.10. The number of benzene rings is 2. The Balaban J connectivity index is 1.45. The minimum atomic E-state index is -3.34. The highest BCUT2D eigenvalue weighted by molar-refractivity contribution is 7.92. The van der Waals surface area contributed by atoms with Gasteiger partial charge in [0.05, 0.1) is 24.5 Å². The first-order chi connectivity index (χ1) is 13.9. The molecule has 3 aromatic rings. The number of nitrogens with one attached hydrogen (secondary N) is 2. The highest BCUT2D eigenvalue weighted by atomic mass is 32.2. The number of fused-ring (bicyclic) bond motifs is 1. The van der Waals surface area contributed by atoms with Crippen LogP contribution in [-0.2, 0) is 16.4 Å². The first-order valence-corrected chi connectivity index (χ1v) is 11.6. The molecule has 1 atom stereocenters. The van der Waals surface area contributed by atoms with E-state index in [0.717, 1.165) is 47.9 Å².